The Labute approximate surface area is 315 Å². The highest BCUT2D eigenvalue weighted by Crippen LogP contribution is 2.26. The van der Waals surface area contributed by atoms with E-state index in [0.717, 1.165) is 23.1 Å². The summed E-state index contributed by atoms with van der Waals surface area (Å²) in [6.07, 6.45) is 4.73. The molecular weight excluding hydrogens is 708 g/mol. The van der Waals surface area contributed by atoms with Crippen molar-refractivity contribution >= 4 is 40.3 Å². The second-order valence-corrected chi connectivity index (χ2v) is 12.8. The van der Waals surface area contributed by atoms with Gasteiger partial charge in [0.15, 0.2) is 5.69 Å². The second-order valence-electron chi connectivity index (χ2n) is 12.8. The fraction of sp³-hybridized carbons (Fsp3) is 0.316. The number of aromatic nitrogens is 5. The number of para-hydroxylation sites is 1. The molecule has 55 heavy (non-hydrogen) atoms. The number of anilines is 1. The summed E-state index contributed by atoms with van der Waals surface area (Å²) in [4.78, 5) is 66.0. The number of nitrogens with zero attached hydrogens (tertiary/aromatic N) is 6. The Balaban J connectivity index is 0.888. The molecule has 2 aromatic carbocycles. The van der Waals surface area contributed by atoms with Crippen molar-refractivity contribution in [3.05, 3.63) is 106 Å². The lowest BCUT2D eigenvalue weighted by Crippen LogP contribution is -2.44. The third-order valence-corrected chi connectivity index (χ3v) is 9.09. The highest BCUT2D eigenvalue weighted by Gasteiger charge is 2.31. The van der Waals surface area contributed by atoms with Gasteiger partial charge in [0, 0.05) is 39.4 Å². The summed E-state index contributed by atoms with van der Waals surface area (Å²) >= 11 is 0. The van der Waals surface area contributed by atoms with Crippen LogP contribution in [-0.4, -0.2) is 80.5 Å². The maximum atomic E-state index is 13.1. The molecule has 0 spiro atoms. The molecule has 1 unspecified atom stereocenters. The first kappa shape index (κ1) is 38.3. The number of pyridine rings is 1. The number of hydrogen-bond acceptors (Lipinski definition) is 11. The molecule has 1 aliphatic rings. The van der Waals surface area contributed by atoms with Gasteiger partial charge in [-0.05, 0) is 60.7 Å². The number of aryl methyl sites for hydroxylation is 2. The summed E-state index contributed by atoms with van der Waals surface area (Å²) in [5.41, 5.74) is 9.58. The molecule has 1 atom stereocenters. The molecule has 5 N–H and O–H groups in total. The van der Waals surface area contributed by atoms with Crippen LogP contribution in [0.25, 0.3) is 16.7 Å². The highest BCUT2D eigenvalue weighted by atomic mass is 16.5. The monoisotopic (exact) mass is 748 g/mol. The van der Waals surface area contributed by atoms with Crippen LogP contribution in [0.4, 0.5) is 5.69 Å². The number of ether oxygens (including phenoxy) is 2. The molecule has 1 saturated heterocycles. The molecule has 1 fully saturated rings. The van der Waals surface area contributed by atoms with Crippen LogP contribution in [0.2, 0.25) is 0 Å². The van der Waals surface area contributed by atoms with E-state index in [4.69, 9.17) is 20.5 Å². The fourth-order valence-corrected chi connectivity index (χ4v) is 6.37. The van der Waals surface area contributed by atoms with Crippen molar-refractivity contribution in [2.24, 2.45) is 12.8 Å². The number of amides is 4. The van der Waals surface area contributed by atoms with Crippen LogP contribution in [0.5, 0.6) is 0 Å². The molecule has 0 aliphatic carbocycles. The first-order valence-corrected chi connectivity index (χ1v) is 17.7. The first-order chi connectivity index (χ1) is 26.6. The zero-order chi connectivity index (χ0) is 38.9. The second kappa shape index (κ2) is 17.6. The van der Waals surface area contributed by atoms with Gasteiger partial charge >= 0.3 is 5.69 Å². The Hall–Kier alpha value is -6.48. The summed E-state index contributed by atoms with van der Waals surface area (Å²) in [6.45, 7) is 3.12. The lowest BCUT2D eigenvalue weighted by Gasteiger charge is -2.21. The average Bonchev–Trinajstić information content (AvgIpc) is 3.72. The van der Waals surface area contributed by atoms with Gasteiger partial charge in [-0.3, -0.25) is 38.6 Å². The number of nitriles is 1. The molecule has 1 aliphatic heterocycles. The zero-order valence-corrected chi connectivity index (χ0v) is 30.1. The molecule has 4 heterocycles. The Morgan fingerprint density at radius 1 is 1.05 bits per heavy atom. The van der Waals surface area contributed by atoms with Crippen molar-refractivity contribution in [3.8, 4) is 11.8 Å². The number of carbonyl (C=O) groups is 4. The topological polar surface area (TPSA) is 230 Å². The van der Waals surface area contributed by atoms with E-state index in [-0.39, 0.29) is 40.7 Å². The molecular formula is C38H40N10O7. The van der Waals surface area contributed by atoms with E-state index in [2.05, 4.69) is 26.0 Å². The van der Waals surface area contributed by atoms with Crippen LogP contribution >= 0.6 is 0 Å². The minimum atomic E-state index is -0.816. The number of nitrogens with two attached hydrogens (primary N) is 1. The van der Waals surface area contributed by atoms with E-state index >= 15 is 0 Å². The van der Waals surface area contributed by atoms with Crippen molar-refractivity contribution in [2.45, 2.75) is 38.3 Å². The molecule has 3 aromatic heterocycles. The zero-order valence-electron chi connectivity index (χ0n) is 30.1. The first-order valence-electron chi connectivity index (χ1n) is 17.7. The number of primary amides is 1. The standard InChI is InChI=1S/C38H40N10O7/c1-46-34-26(4-2-6-30(34)48(38(46)53)31-11-12-32(49)44-37(31)52)5-3-16-54-18-19-55-17-15-41-22-24-7-9-27(10-8-24)47-23-29(33(45-47)35(40)50)43-36(51)28-20-25(21-39)13-14-42-28/h2,4,6-10,13-14,20,23,31,41H,3,5,11-12,15-19,22H2,1H3,(H2,40,50)(H,43,51)(H,44,49,52). The van der Waals surface area contributed by atoms with Crippen LogP contribution in [0.3, 0.4) is 0 Å². The van der Waals surface area contributed by atoms with E-state index in [9.17, 15) is 24.0 Å². The van der Waals surface area contributed by atoms with Gasteiger partial charge < -0.3 is 25.8 Å². The van der Waals surface area contributed by atoms with Crippen LogP contribution in [0.15, 0.2) is 71.8 Å². The van der Waals surface area contributed by atoms with Crippen LogP contribution in [0, 0.1) is 11.3 Å². The third kappa shape index (κ3) is 9.01. The van der Waals surface area contributed by atoms with Crippen molar-refractivity contribution in [3.63, 3.8) is 0 Å². The minimum Gasteiger partial charge on any atom is -0.379 e. The number of carbonyl (C=O) groups excluding carboxylic acids is 4. The molecule has 284 valence electrons. The smallest absolute Gasteiger partial charge is 0.329 e. The maximum Gasteiger partial charge on any atom is 0.329 e. The van der Waals surface area contributed by atoms with Crippen LogP contribution < -0.4 is 27.4 Å². The van der Waals surface area contributed by atoms with Gasteiger partial charge in [-0.1, -0.05) is 24.3 Å². The third-order valence-electron chi connectivity index (χ3n) is 9.09. The largest absolute Gasteiger partial charge is 0.379 e. The van der Waals surface area contributed by atoms with Crippen LogP contribution in [-0.2, 0) is 39.1 Å². The number of imide groups is 1. The predicted molar refractivity (Wildman–Crippen MR) is 199 cm³/mol. The number of piperidine rings is 1. The number of hydrogen-bond donors (Lipinski definition) is 4. The Kier molecular flexibility index (Phi) is 12.2. The van der Waals surface area contributed by atoms with E-state index in [1.165, 1.54) is 33.8 Å². The predicted octanol–water partition coefficient (Wildman–Crippen LogP) is 1.88. The van der Waals surface area contributed by atoms with Gasteiger partial charge in [-0.15, -0.1) is 0 Å². The van der Waals surface area contributed by atoms with Gasteiger partial charge in [-0.2, -0.15) is 10.4 Å². The number of rotatable bonds is 17. The fourth-order valence-electron chi connectivity index (χ4n) is 6.37. The summed E-state index contributed by atoms with van der Waals surface area (Å²) in [7, 11) is 1.70. The van der Waals surface area contributed by atoms with E-state index < -0.39 is 23.8 Å². The molecule has 17 nitrogen and oxygen atoms in total. The van der Waals surface area contributed by atoms with Gasteiger partial charge in [-0.25, -0.2) is 9.48 Å². The van der Waals surface area contributed by atoms with Gasteiger partial charge in [0.2, 0.25) is 11.8 Å². The summed E-state index contributed by atoms with van der Waals surface area (Å²) in [5, 5.41) is 21.6. The Bertz CT molecular complexity index is 2320. The molecule has 6 rings (SSSR count). The highest BCUT2D eigenvalue weighted by molar-refractivity contribution is 6.07. The van der Waals surface area contributed by atoms with Crippen molar-refractivity contribution in [1.82, 2.24) is 34.5 Å². The van der Waals surface area contributed by atoms with E-state index in [0.29, 0.717) is 63.6 Å². The van der Waals surface area contributed by atoms with Gasteiger partial charge in [0.25, 0.3) is 11.8 Å². The lowest BCUT2D eigenvalue weighted by atomic mass is 10.0. The number of benzene rings is 2. The summed E-state index contributed by atoms with van der Waals surface area (Å²) in [6, 6.07) is 17.2. The Morgan fingerprint density at radius 3 is 2.58 bits per heavy atom. The van der Waals surface area contributed by atoms with Crippen LogP contribution in [0.1, 0.15) is 63.0 Å². The number of fused-ring (bicyclic) bond motifs is 1. The quantitative estimate of drug-likeness (QED) is 0.0792. The summed E-state index contributed by atoms with van der Waals surface area (Å²) < 4.78 is 16.0. The number of nitrogens with one attached hydrogen (secondary N) is 3. The molecule has 0 bridgehead atoms. The van der Waals surface area contributed by atoms with Crippen molar-refractivity contribution in [2.75, 3.05) is 38.3 Å². The Morgan fingerprint density at radius 2 is 1.84 bits per heavy atom. The molecule has 0 saturated carbocycles. The van der Waals surface area contributed by atoms with Crippen molar-refractivity contribution in [1.29, 1.82) is 5.26 Å². The molecule has 0 radical (unpaired) electrons. The average molecular weight is 749 g/mol. The molecule has 4 amide bonds. The molecule has 17 heteroatoms. The lowest BCUT2D eigenvalue weighted by molar-refractivity contribution is -0.135. The van der Waals surface area contributed by atoms with Gasteiger partial charge in [0.1, 0.15) is 11.7 Å². The van der Waals surface area contributed by atoms with Gasteiger partial charge in [0.05, 0.1) is 60.1 Å². The van der Waals surface area contributed by atoms with E-state index in [1.807, 2.05) is 48.5 Å². The van der Waals surface area contributed by atoms with E-state index in [1.54, 1.807) is 11.6 Å². The normalized spacial score (nSPS) is 14.1. The molecule has 5 aromatic rings. The number of imidazole rings is 1. The SMILES string of the molecule is Cn1c(=O)n(C2CCC(=O)NC2=O)c2cccc(CCCOCCOCCNCc3ccc(-n4cc(NC(=O)c5cc(C#N)ccn5)c(C(N)=O)n4)cc3)c21. The van der Waals surface area contributed by atoms with Crippen molar-refractivity contribution < 1.29 is 28.7 Å². The maximum absolute atomic E-state index is 13.1. The summed E-state index contributed by atoms with van der Waals surface area (Å²) in [5.74, 6) is -2.21. The minimum absolute atomic E-state index is 0.00876.